The van der Waals surface area contributed by atoms with Crippen LogP contribution in [-0.4, -0.2) is 62.1 Å². The molecule has 0 fully saturated rings. The van der Waals surface area contributed by atoms with E-state index < -0.39 is 11.9 Å². The fraction of sp³-hybridized carbons (Fsp3) is 0.625. The lowest BCUT2D eigenvalue weighted by atomic mass is 10.1. The lowest BCUT2D eigenvalue weighted by Crippen LogP contribution is -2.31. The van der Waals surface area contributed by atoms with Crippen LogP contribution in [0.4, 0.5) is 0 Å². The highest BCUT2D eigenvalue weighted by Gasteiger charge is 2.37. The van der Waals surface area contributed by atoms with Crippen LogP contribution in [0.5, 0.6) is 0 Å². The minimum atomic E-state index is -0.519. The Hall–Kier alpha value is -1.28. The van der Waals surface area contributed by atoms with E-state index in [0.29, 0.717) is 11.1 Å². The summed E-state index contributed by atoms with van der Waals surface area (Å²) in [6.45, 7) is 11.0. The molecule has 0 spiro atoms. The molecule has 24 heavy (non-hydrogen) atoms. The normalized spacial score (nSPS) is 14.6. The van der Waals surface area contributed by atoms with E-state index in [1.54, 1.807) is 0 Å². The van der Waals surface area contributed by atoms with Crippen LogP contribution < -0.4 is 0 Å². The van der Waals surface area contributed by atoms with Gasteiger partial charge in [0.1, 0.15) is 11.1 Å². The number of nitrogens with zero attached hydrogens (tertiary/aromatic N) is 2. The Morgan fingerprint density at radius 1 is 0.750 bits per heavy atom. The third kappa shape index (κ3) is 4.22. The molecule has 0 saturated carbocycles. The molecule has 0 aromatic heterocycles. The van der Waals surface area contributed by atoms with Gasteiger partial charge in [-0.15, -0.1) is 0 Å². The minimum Gasteiger partial charge on any atom is -0.465 e. The predicted molar refractivity (Wildman–Crippen MR) is 99.1 cm³/mol. The van der Waals surface area contributed by atoms with E-state index in [2.05, 4.69) is 0 Å². The molecule has 0 amide bonds. The Morgan fingerprint density at radius 3 is 1.25 bits per heavy atom. The number of hydrogen-bond donors (Lipinski definition) is 0. The summed E-state index contributed by atoms with van der Waals surface area (Å²) < 4.78 is 9.95. The molecule has 0 unspecified atom stereocenters. The monoisotopic (exact) mass is 374 g/mol. The number of rotatable bonds is 8. The van der Waals surface area contributed by atoms with Gasteiger partial charge < -0.3 is 19.3 Å². The summed E-state index contributed by atoms with van der Waals surface area (Å²) in [6, 6.07) is 0. The molecule has 136 valence electrons. The summed E-state index contributed by atoms with van der Waals surface area (Å²) >= 11 is 0. The summed E-state index contributed by atoms with van der Waals surface area (Å²) in [5, 5.41) is 1.49. The second kappa shape index (κ2) is 9.88. The zero-order chi connectivity index (χ0) is 18.3. The van der Waals surface area contributed by atoms with Crippen molar-refractivity contribution in [3.05, 3.63) is 21.2 Å². The molecular weight excluding hydrogens is 348 g/mol. The smallest absolute Gasteiger partial charge is 0.341 e. The molecule has 0 saturated heterocycles. The fourth-order valence-corrected chi connectivity index (χ4v) is 5.43. The first-order valence-electron chi connectivity index (χ1n) is 8.00. The fourth-order valence-electron chi connectivity index (χ4n) is 2.40. The molecule has 0 bridgehead atoms. The summed E-state index contributed by atoms with van der Waals surface area (Å²) in [4.78, 5) is 29.1. The molecule has 0 atom stereocenters. The highest BCUT2D eigenvalue weighted by molar-refractivity contribution is 8.79. The summed E-state index contributed by atoms with van der Waals surface area (Å²) in [6.07, 6.45) is 0. The Kier molecular flexibility index (Phi) is 8.55. The lowest BCUT2D eigenvalue weighted by molar-refractivity contribution is -0.139. The van der Waals surface area contributed by atoms with E-state index in [0.717, 1.165) is 36.2 Å². The maximum atomic E-state index is 12.5. The quantitative estimate of drug-likeness (QED) is 0.475. The van der Waals surface area contributed by atoms with Gasteiger partial charge in [-0.1, -0.05) is 0 Å². The van der Waals surface area contributed by atoms with Crippen LogP contribution in [-0.2, 0) is 19.1 Å². The minimum absolute atomic E-state index is 0.290. The van der Waals surface area contributed by atoms with Crippen molar-refractivity contribution in [1.82, 2.24) is 9.80 Å². The summed E-state index contributed by atoms with van der Waals surface area (Å²) in [5.74, 6) is -1.04. The molecule has 0 aromatic rings. The second-order valence-corrected chi connectivity index (χ2v) is 6.96. The molecule has 8 heteroatoms. The van der Waals surface area contributed by atoms with E-state index in [4.69, 9.17) is 9.47 Å². The van der Waals surface area contributed by atoms with E-state index in [1.807, 2.05) is 37.5 Å². The maximum Gasteiger partial charge on any atom is 0.341 e. The van der Waals surface area contributed by atoms with Crippen molar-refractivity contribution in [3.8, 4) is 0 Å². The summed E-state index contributed by atoms with van der Waals surface area (Å²) in [7, 11) is 5.62. The first-order valence-corrected chi connectivity index (χ1v) is 10.1. The van der Waals surface area contributed by atoms with Gasteiger partial charge in [0.25, 0.3) is 0 Å². The van der Waals surface area contributed by atoms with Crippen molar-refractivity contribution < 1.29 is 19.1 Å². The average Bonchev–Trinajstić information content (AvgIpc) is 2.62. The van der Waals surface area contributed by atoms with Crippen molar-refractivity contribution in [3.63, 3.8) is 0 Å². The standard InChI is InChI=1S/C16H26N2O4S2/c1-7-17(8-2)13-11(15(19)21-5)12(16(20)22-6)14(24-23-13)18(9-3)10-4/h7-10H2,1-6H3. The van der Waals surface area contributed by atoms with Gasteiger partial charge in [-0.25, -0.2) is 9.59 Å². The van der Waals surface area contributed by atoms with E-state index in [1.165, 1.54) is 35.8 Å². The predicted octanol–water partition coefficient (Wildman–Crippen LogP) is 2.83. The van der Waals surface area contributed by atoms with Gasteiger partial charge in [0.05, 0.1) is 24.3 Å². The molecule has 0 aliphatic carbocycles. The number of carbonyl (C=O) groups excluding carboxylic acids is 2. The van der Waals surface area contributed by atoms with Gasteiger partial charge in [0.2, 0.25) is 0 Å². The van der Waals surface area contributed by atoms with Crippen molar-refractivity contribution in [2.45, 2.75) is 27.7 Å². The molecule has 1 aliphatic heterocycles. The van der Waals surface area contributed by atoms with Gasteiger partial charge in [-0.05, 0) is 49.3 Å². The molecule has 0 radical (unpaired) electrons. The van der Waals surface area contributed by atoms with E-state index in [9.17, 15) is 9.59 Å². The lowest BCUT2D eigenvalue weighted by Gasteiger charge is -2.33. The maximum absolute atomic E-state index is 12.5. The SMILES string of the molecule is CCN(CC)C1=C(C(=O)OC)C(C(=O)OC)=C(N(CC)CC)SS1. The van der Waals surface area contributed by atoms with Crippen molar-refractivity contribution >= 4 is 33.5 Å². The van der Waals surface area contributed by atoms with Crippen LogP contribution in [0.3, 0.4) is 0 Å². The molecule has 1 aliphatic rings. The van der Waals surface area contributed by atoms with Crippen LogP contribution in [0.15, 0.2) is 21.2 Å². The zero-order valence-electron chi connectivity index (χ0n) is 15.2. The van der Waals surface area contributed by atoms with Gasteiger partial charge in [0, 0.05) is 26.2 Å². The van der Waals surface area contributed by atoms with Crippen molar-refractivity contribution in [2.24, 2.45) is 0 Å². The van der Waals surface area contributed by atoms with Gasteiger partial charge >= 0.3 is 11.9 Å². The highest BCUT2D eigenvalue weighted by atomic mass is 33.1. The highest BCUT2D eigenvalue weighted by Crippen LogP contribution is 2.49. The first-order chi connectivity index (χ1) is 11.5. The third-order valence-electron chi connectivity index (χ3n) is 3.76. The van der Waals surface area contributed by atoms with Crippen molar-refractivity contribution in [2.75, 3.05) is 40.4 Å². The average molecular weight is 375 g/mol. The number of carbonyl (C=O) groups is 2. The Bertz CT molecular complexity index is 490. The van der Waals surface area contributed by atoms with Crippen molar-refractivity contribution in [1.29, 1.82) is 0 Å². The van der Waals surface area contributed by atoms with Gasteiger partial charge in [0.15, 0.2) is 0 Å². The largest absolute Gasteiger partial charge is 0.465 e. The van der Waals surface area contributed by atoms with Gasteiger partial charge in [-0.2, -0.15) is 0 Å². The second-order valence-electron chi connectivity index (χ2n) is 4.85. The van der Waals surface area contributed by atoms with Crippen LogP contribution in [0, 0.1) is 0 Å². The molecule has 0 aromatic carbocycles. The third-order valence-corrected chi connectivity index (χ3v) is 6.28. The number of methoxy groups -OCH3 is 2. The number of hydrogen-bond acceptors (Lipinski definition) is 8. The Labute approximate surface area is 152 Å². The zero-order valence-corrected chi connectivity index (χ0v) is 16.8. The van der Waals surface area contributed by atoms with Crippen LogP contribution in [0.25, 0.3) is 0 Å². The molecular formula is C16H26N2O4S2. The molecule has 1 heterocycles. The topological polar surface area (TPSA) is 59.1 Å². The van der Waals surface area contributed by atoms with Gasteiger partial charge in [-0.3, -0.25) is 0 Å². The number of ether oxygens (including phenoxy) is 2. The number of esters is 2. The summed E-state index contributed by atoms with van der Waals surface area (Å²) in [5.41, 5.74) is 0.581. The van der Waals surface area contributed by atoms with Crippen LogP contribution in [0.1, 0.15) is 27.7 Å². The first kappa shape index (κ1) is 20.8. The van der Waals surface area contributed by atoms with E-state index >= 15 is 0 Å². The van der Waals surface area contributed by atoms with Crippen LogP contribution >= 0.6 is 21.6 Å². The molecule has 6 nitrogen and oxygen atoms in total. The van der Waals surface area contributed by atoms with E-state index in [-0.39, 0.29) is 0 Å². The Morgan fingerprint density at radius 2 is 1.04 bits per heavy atom. The Balaban J connectivity index is 3.66. The van der Waals surface area contributed by atoms with Crippen LogP contribution in [0.2, 0.25) is 0 Å². The molecule has 1 rings (SSSR count). The molecule has 0 N–H and O–H groups in total.